The minimum absolute atomic E-state index is 0.00443. The zero-order valence-corrected chi connectivity index (χ0v) is 24.3. The smallest absolute Gasteiger partial charge is 0.408 e. The third-order valence-corrected chi connectivity index (χ3v) is 6.78. The number of benzene rings is 3. The summed E-state index contributed by atoms with van der Waals surface area (Å²) >= 11 is 1.51. The van der Waals surface area contributed by atoms with E-state index in [1.807, 2.05) is 97.3 Å². The molecule has 0 aliphatic heterocycles. The Bertz CT molecular complexity index is 1260. The standard InChI is InChI=1S/C32H36N2O7S/c1-42-20-19-27(34-32(38)41-23-26-15-9-4-10-16-26)30(36)33-28(31(37)40-22-25-13-7-3-8-14-25)17-18-29(35)39-21-24-11-5-2-6-12-24/h2-16,27-28H,17-23H2,1H3,(H,33,36)(H,34,38)/t27-,28-/m1/s1. The Labute approximate surface area is 250 Å². The summed E-state index contributed by atoms with van der Waals surface area (Å²) in [5, 5.41) is 5.27. The van der Waals surface area contributed by atoms with Crippen LogP contribution in [-0.4, -0.2) is 48.0 Å². The van der Waals surface area contributed by atoms with Gasteiger partial charge in [-0.25, -0.2) is 9.59 Å². The van der Waals surface area contributed by atoms with Gasteiger partial charge in [0.1, 0.15) is 31.9 Å². The van der Waals surface area contributed by atoms with E-state index in [2.05, 4.69) is 10.6 Å². The highest BCUT2D eigenvalue weighted by Crippen LogP contribution is 2.10. The quantitative estimate of drug-likeness (QED) is 0.180. The summed E-state index contributed by atoms with van der Waals surface area (Å²) in [7, 11) is 0. The molecule has 222 valence electrons. The molecule has 0 saturated heterocycles. The molecule has 0 aliphatic rings. The molecule has 9 nitrogen and oxygen atoms in total. The molecule has 0 heterocycles. The van der Waals surface area contributed by atoms with E-state index in [9.17, 15) is 19.2 Å². The predicted molar refractivity (Wildman–Crippen MR) is 160 cm³/mol. The minimum Gasteiger partial charge on any atom is -0.461 e. The normalized spacial score (nSPS) is 11.9. The Morgan fingerprint density at radius 1 is 0.643 bits per heavy atom. The number of carbonyl (C=O) groups excluding carboxylic acids is 4. The zero-order chi connectivity index (χ0) is 30.0. The molecule has 0 spiro atoms. The number of ether oxygens (including phenoxy) is 3. The molecule has 42 heavy (non-hydrogen) atoms. The summed E-state index contributed by atoms with van der Waals surface area (Å²) in [5.74, 6) is -1.22. The lowest BCUT2D eigenvalue weighted by Crippen LogP contribution is -2.52. The molecule has 0 bridgehead atoms. The van der Waals surface area contributed by atoms with Gasteiger partial charge in [0.2, 0.25) is 5.91 Å². The Morgan fingerprint density at radius 3 is 1.67 bits per heavy atom. The van der Waals surface area contributed by atoms with Gasteiger partial charge in [0.05, 0.1) is 0 Å². The van der Waals surface area contributed by atoms with E-state index >= 15 is 0 Å². The van der Waals surface area contributed by atoms with Crippen LogP contribution in [0.3, 0.4) is 0 Å². The summed E-state index contributed by atoms with van der Waals surface area (Å²) < 4.78 is 16.1. The Kier molecular flexibility index (Phi) is 13.9. The second-order valence-electron chi connectivity index (χ2n) is 9.38. The molecule has 2 amide bonds. The molecular formula is C32H36N2O7S. The van der Waals surface area contributed by atoms with Crippen molar-refractivity contribution < 1.29 is 33.4 Å². The van der Waals surface area contributed by atoms with Gasteiger partial charge < -0.3 is 24.8 Å². The number of nitrogens with one attached hydrogen (secondary N) is 2. The van der Waals surface area contributed by atoms with Crippen molar-refractivity contribution in [3.63, 3.8) is 0 Å². The maximum atomic E-state index is 13.3. The maximum absolute atomic E-state index is 13.3. The van der Waals surface area contributed by atoms with Crippen LogP contribution in [0.1, 0.15) is 36.0 Å². The fourth-order valence-electron chi connectivity index (χ4n) is 3.83. The third-order valence-electron chi connectivity index (χ3n) is 6.14. The molecule has 3 aromatic rings. The van der Waals surface area contributed by atoms with E-state index in [1.54, 1.807) is 0 Å². The van der Waals surface area contributed by atoms with Crippen LogP contribution in [0.25, 0.3) is 0 Å². The second kappa shape index (κ2) is 18.2. The molecule has 0 aliphatic carbocycles. The predicted octanol–water partition coefficient (Wildman–Crippen LogP) is 4.79. The SMILES string of the molecule is CSCC[C@@H](NC(=O)OCc1ccccc1)C(=O)N[C@H](CCC(=O)OCc1ccccc1)C(=O)OCc1ccccc1. The highest BCUT2D eigenvalue weighted by molar-refractivity contribution is 7.98. The summed E-state index contributed by atoms with van der Waals surface area (Å²) in [6, 6.07) is 25.4. The topological polar surface area (TPSA) is 120 Å². The first-order valence-electron chi connectivity index (χ1n) is 13.6. The van der Waals surface area contributed by atoms with Crippen molar-refractivity contribution in [2.24, 2.45) is 0 Å². The van der Waals surface area contributed by atoms with Crippen molar-refractivity contribution >= 4 is 35.7 Å². The third kappa shape index (κ3) is 12.1. The van der Waals surface area contributed by atoms with Crippen LogP contribution in [0.5, 0.6) is 0 Å². The molecule has 0 unspecified atom stereocenters. The van der Waals surface area contributed by atoms with E-state index < -0.39 is 36.0 Å². The monoisotopic (exact) mass is 592 g/mol. The first-order chi connectivity index (χ1) is 20.4. The van der Waals surface area contributed by atoms with Crippen LogP contribution < -0.4 is 10.6 Å². The van der Waals surface area contributed by atoms with Crippen molar-refractivity contribution in [1.29, 1.82) is 0 Å². The molecule has 3 rings (SSSR count). The number of alkyl carbamates (subject to hydrolysis) is 1. The van der Waals surface area contributed by atoms with Gasteiger partial charge >= 0.3 is 18.0 Å². The van der Waals surface area contributed by atoms with Crippen LogP contribution in [0.4, 0.5) is 4.79 Å². The van der Waals surface area contributed by atoms with Crippen LogP contribution in [0, 0.1) is 0 Å². The van der Waals surface area contributed by atoms with Crippen molar-refractivity contribution in [3.8, 4) is 0 Å². The Morgan fingerprint density at radius 2 is 1.14 bits per heavy atom. The fourth-order valence-corrected chi connectivity index (χ4v) is 4.31. The average molecular weight is 593 g/mol. The number of hydrogen-bond acceptors (Lipinski definition) is 8. The number of rotatable bonds is 16. The molecule has 0 aromatic heterocycles. The largest absolute Gasteiger partial charge is 0.461 e. The molecule has 10 heteroatoms. The van der Waals surface area contributed by atoms with Gasteiger partial charge in [-0.3, -0.25) is 9.59 Å². The molecule has 0 fully saturated rings. The molecular weight excluding hydrogens is 556 g/mol. The average Bonchev–Trinajstić information content (AvgIpc) is 3.03. The van der Waals surface area contributed by atoms with Gasteiger partial charge in [0.15, 0.2) is 0 Å². The second-order valence-corrected chi connectivity index (χ2v) is 10.4. The van der Waals surface area contributed by atoms with Gasteiger partial charge in [-0.1, -0.05) is 91.0 Å². The fraction of sp³-hybridized carbons (Fsp3) is 0.312. The molecule has 2 N–H and O–H groups in total. The molecule has 0 saturated carbocycles. The number of esters is 2. The van der Waals surface area contributed by atoms with E-state index in [1.165, 1.54) is 11.8 Å². The maximum Gasteiger partial charge on any atom is 0.408 e. The van der Waals surface area contributed by atoms with E-state index in [0.717, 1.165) is 16.7 Å². The first-order valence-corrected chi connectivity index (χ1v) is 15.0. The van der Waals surface area contributed by atoms with Gasteiger partial charge in [0, 0.05) is 6.42 Å². The highest BCUT2D eigenvalue weighted by Gasteiger charge is 2.28. The van der Waals surface area contributed by atoms with Gasteiger partial charge in [-0.05, 0) is 41.5 Å². The zero-order valence-electron chi connectivity index (χ0n) is 23.5. The van der Waals surface area contributed by atoms with Crippen LogP contribution in [0.2, 0.25) is 0 Å². The Balaban J connectivity index is 1.61. The van der Waals surface area contributed by atoms with Crippen molar-refractivity contribution in [3.05, 3.63) is 108 Å². The molecule has 3 aromatic carbocycles. The molecule has 0 radical (unpaired) electrons. The van der Waals surface area contributed by atoms with Gasteiger partial charge in [0.25, 0.3) is 0 Å². The van der Waals surface area contributed by atoms with Crippen molar-refractivity contribution in [2.75, 3.05) is 12.0 Å². The van der Waals surface area contributed by atoms with E-state index in [4.69, 9.17) is 14.2 Å². The highest BCUT2D eigenvalue weighted by atomic mass is 32.2. The molecule has 2 atom stereocenters. The first kappa shape index (κ1) is 32.2. The van der Waals surface area contributed by atoms with Crippen LogP contribution in [0.15, 0.2) is 91.0 Å². The van der Waals surface area contributed by atoms with Gasteiger partial charge in [-0.2, -0.15) is 11.8 Å². The van der Waals surface area contributed by atoms with Crippen LogP contribution in [-0.2, 0) is 48.4 Å². The summed E-state index contributed by atoms with van der Waals surface area (Å²) in [6.07, 6.45) is 1.26. The number of hydrogen-bond donors (Lipinski definition) is 2. The lowest BCUT2D eigenvalue weighted by Gasteiger charge is -2.22. The summed E-state index contributed by atoms with van der Waals surface area (Å²) in [4.78, 5) is 51.3. The summed E-state index contributed by atoms with van der Waals surface area (Å²) in [6.45, 7) is 0.147. The van der Waals surface area contributed by atoms with Crippen molar-refractivity contribution in [1.82, 2.24) is 10.6 Å². The van der Waals surface area contributed by atoms with E-state index in [0.29, 0.717) is 12.2 Å². The number of thioether (sulfide) groups is 1. The number of amides is 2. The number of carbonyl (C=O) groups is 4. The summed E-state index contributed by atoms with van der Waals surface area (Å²) in [5.41, 5.74) is 2.41. The lowest BCUT2D eigenvalue weighted by atomic mass is 10.1. The minimum atomic E-state index is -1.13. The van der Waals surface area contributed by atoms with Crippen LogP contribution >= 0.6 is 11.8 Å². The Hall–Kier alpha value is -4.31. The van der Waals surface area contributed by atoms with E-state index in [-0.39, 0.29) is 32.7 Å². The lowest BCUT2D eigenvalue weighted by molar-refractivity contribution is -0.150. The van der Waals surface area contributed by atoms with Crippen molar-refractivity contribution in [2.45, 2.75) is 51.2 Å². The van der Waals surface area contributed by atoms with Gasteiger partial charge in [-0.15, -0.1) is 0 Å².